The van der Waals surface area contributed by atoms with E-state index < -0.39 is 12.2 Å². The molecule has 198 valence electrons. The Hall–Kier alpha value is -3.71. The minimum absolute atomic E-state index is 0.115. The zero-order valence-corrected chi connectivity index (χ0v) is 22.5. The molecular weight excluding hydrogens is 504 g/mol. The fraction of sp³-hybridized carbons (Fsp3) is 0.333. The second-order valence-corrected chi connectivity index (χ2v) is 10.2. The highest BCUT2D eigenvalue weighted by atomic mass is 35.5. The molecule has 7 nitrogen and oxygen atoms in total. The smallest absolute Gasteiger partial charge is 0.251 e. The fourth-order valence-corrected chi connectivity index (χ4v) is 5.34. The summed E-state index contributed by atoms with van der Waals surface area (Å²) in [5, 5.41) is 13.6. The van der Waals surface area contributed by atoms with Crippen LogP contribution in [0.1, 0.15) is 47.8 Å². The van der Waals surface area contributed by atoms with Crippen LogP contribution in [0.2, 0.25) is 5.02 Å². The Morgan fingerprint density at radius 2 is 1.92 bits per heavy atom. The number of ketones is 1. The molecule has 0 saturated carbocycles. The summed E-state index contributed by atoms with van der Waals surface area (Å²) in [5.74, 6) is 0.721. The highest BCUT2D eigenvalue weighted by Crippen LogP contribution is 2.39. The lowest BCUT2D eigenvalue weighted by Gasteiger charge is -2.26. The van der Waals surface area contributed by atoms with E-state index in [1.165, 1.54) is 0 Å². The molecule has 0 saturated heterocycles. The summed E-state index contributed by atoms with van der Waals surface area (Å²) in [6.07, 6.45) is 7.34. The number of rotatable bonds is 8. The molecule has 2 aromatic carbocycles. The average Bonchev–Trinajstić information content (AvgIpc) is 3.16. The van der Waals surface area contributed by atoms with Gasteiger partial charge in [-0.15, -0.1) is 0 Å². The SMILES string of the molecule is COc1c(OC(Oc2ccc(Cl)cc2C)C(C)C(=O)c2ccccc2)cn2c1C=[N+]([O-])C1=CCCC[C@H]1C2. The van der Waals surface area contributed by atoms with Gasteiger partial charge >= 0.3 is 0 Å². The van der Waals surface area contributed by atoms with Gasteiger partial charge in [-0.25, -0.2) is 0 Å². The van der Waals surface area contributed by atoms with Crippen LogP contribution in [-0.2, 0) is 6.54 Å². The van der Waals surface area contributed by atoms with Gasteiger partial charge in [0.05, 0.1) is 25.1 Å². The summed E-state index contributed by atoms with van der Waals surface area (Å²) in [6.45, 7) is 4.30. The monoisotopic (exact) mass is 534 g/mol. The Kier molecular flexibility index (Phi) is 7.47. The molecule has 2 aliphatic rings. The van der Waals surface area contributed by atoms with Gasteiger partial charge in [-0.3, -0.25) is 4.79 Å². The number of fused-ring (bicyclic) bond motifs is 2. The van der Waals surface area contributed by atoms with Crippen LogP contribution >= 0.6 is 11.6 Å². The number of allylic oxidation sites excluding steroid dienone is 2. The molecule has 0 fully saturated rings. The van der Waals surface area contributed by atoms with E-state index in [-0.39, 0.29) is 11.7 Å². The molecule has 0 bridgehead atoms. The predicted octanol–water partition coefficient (Wildman–Crippen LogP) is 6.39. The molecule has 0 amide bonds. The number of hydroxylamine groups is 1. The highest BCUT2D eigenvalue weighted by molar-refractivity contribution is 6.30. The number of aryl methyl sites for hydroxylation is 1. The van der Waals surface area contributed by atoms with Crippen molar-refractivity contribution in [3.05, 3.63) is 93.6 Å². The van der Waals surface area contributed by atoms with Crippen molar-refractivity contribution < 1.29 is 23.7 Å². The number of methoxy groups -OCH3 is 1. The number of Topliss-reactive ketones (excluding diaryl/α,β-unsaturated/α-hetero) is 1. The number of hydrogen-bond donors (Lipinski definition) is 0. The first-order valence-corrected chi connectivity index (χ1v) is 13.2. The number of hydrogen-bond acceptors (Lipinski definition) is 5. The molecule has 8 heteroatoms. The summed E-state index contributed by atoms with van der Waals surface area (Å²) in [5.41, 5.74) is 2.80. The molecule has 3 aromatic rings. The molecule has 1 aromatic heterocycles. The van der Waals surface area contributed by atoms with Crippen LogP contribution in [0.25, 0.3) is 0 Å². The number of aromatic nitrogens is 1. The van der Waals surface area contributed by atoms with Crippen molar-refractivity contribution in [3.63, 3.8) is 0 Å². The van der Waals surface area contributed by atoms with Crippen LogP contribution in [-0.4, -0.2) is 34.7 Å². The molecule has 0 N–H and O–H groups in total. The number of nitrogens with zero attached hydrogens (tertiary/aromatic N) is 2. The molecule has 2 heterocycles. The van der Waals surface area contributed by atoms with Crippen molar-refractivity contribution in [1.29, 1.82) is 0 Å². The molecule has 1 aliphatic heterocycles. The van der Waals surface area contributed by atoms with Gasteiger partial charge in [0.2, 0.25) is 6.21 Å². The van der Waals surface area contributed by atoms with Gasteiger partial charge in [0, 0.05) is 17.1 Å². The largest absolute Gasteiger partial charge is 0.618 e. The standard InChI is InChI=1S/C30H31ClN2O5/c1-19-15-23(31)13-14-26(19)37-30(20(2)28(34)21-9-5-4-6-10-21)38-27-18-32-16-22-11-7-8-12-24(22)33(35)17-25(32)29(27)36-3/h4-6,9-10,12-15,17-18,20,22,30H,7-8,11,16H2,1-3H3/t20?,22-,30?/m0/s1. The summed E-state index contributed by atoms with van der Waals surface area (Å²) in [4.78, 5) is 13.4. The Morgan fingerprint density at radius 3 is 2.66 bits per heavy atom. The molecule has 0 spiro atoms. The third-order valence-corrected chi connectivity index (χ3v) is 7.42. The maximum atomic E-state index is 13.4. The molecular formula is C30H31ClN2O5. The first kappa shape index (κ1) is 25.9. The Morgan fingerprint density at radius 1 is 1.16 bits per heavy atom. The zero-order chi connectivity index (χ0) is 26.8. The van der Waals surface area contributed by atoms with Crippen molar-refractivity contribution in [3.8, 4) is 17.2 Å². The third kappa shape index (κ3) is 5.16. The summed E-state index contributed by atoms with van der Waals surface area (Å²) in [6, 6.07) is 14.4. The van der Waals surface area contributed by atoms with E-state index in [1.54, 1.807) is 50.6 Å². The molecule has 38 heavy (non-hydrogen) atoms. The third-order valence-electron chi connectivity index (χ3n) is 7.19. The lowest BCUT2D eigenvalue weighted by atomic mass is 9.92. The van der Waals surface area contributed by atoms with Gasteiger partial charge in [0.25, 0.3) is 6.29 Å². The number of benzene rings is 2. The van der Waals surface area contributed by atoms with Crippen molar-refractivity contribution >= 4 is 23.6 Å². The van der Waals surface area contributed by atoms with Crippen molar-refractivity contribution in [2.24, 2.45) is 11.8 Å². The lowest BCUT2D eigenvalue weighted by Crippen LogP contribution is -2.36. The highest BCUT2D eigenvalue weighted by Gasteiger charge is 2.34. The Balaban J connectivity index is 1.51. The van der Waals surface area contributed by atoms with E-state index in [9.17, 15) is 10.0 Å². The van der Waals surface area contributed by atoms with Gasteiger partial charge < -0.3 is 24.0 Å². The molecule has 1 aliphatic carbocycles. The van der Waals surface area contributed by atoms with Gasteiger partial charge in [0.15, 0.2) is 28.7 Å². The second-order valence-electron chi connectivity index (χ2n) is 9.81. The van der Waals surface area contributed by atoms with Gasteiger partial charge in [0.1, 0.15) is 5.75 Å². The number of carbonyl (C=O) groups is 1. The van der Waals surface area contributed by atoms with Crippen molar-refractivity contribution in [2.45, 2.75) is 45.9 Å². The second kappa shape index (κ2) is 11.0. The maximum Gasteiger partial charge on any atom is 0.251 e. The Bertz CT molecular complexity index is 1400. The van der Waals surface area contributed by atoms with E-state index in [4.69, 9.17) is 25.8 Å². The predicted molar refractivity (Wildman–Crippen MR) is 146 cm³/mol. The summed E-state index contributed by atoms with van der Waals surface area (Å²) >= 11 is 6.15. The van der Waals surface area contributed by atoms with Crippen molar-refractivity contribution in [2.75, 3.05) is 7.11 Å². The van der Waals surface area contributed by atoms with E-state index in [2.05, 4.69) is 0 Å². The van der Waals surface area contributed by atoms with E-state index in [1.807, 2.05) is 42.0 Å². The van der Waals surface area contributed by atoms with Crippen LogP contribution in [0.3, 0.4) is 0 Å². The van der Waals surface area contributed by atoms with Crippen LogP contribution < -0.4 is 14.2 Å². The minimum atomic E-state index is -0.975. The quantitative estimate of drug-likeness (QED) is 0.145. The van der Waals surface area contributed by atoms with E-state index in [0.29, 0.717) is 40.1 Å². The summed E-state index contributed by atoms with van der Waals surface area (Å²) < 4.78 is 21.4. The average molecular weight is 535 g/mol. The van der Waals surface area contributed by atoms with Gasteiger partial charge in [-0.1, -0.05) is 41.9 Å². The maximum absolute atomic E-state index is 13.4. The summed E-state index contributed by atoms with van der Waals surface area (Å²) in [7, 11) is 1.54. The van der Waals surface area contributed by atoms with Gasteiger partial charge in [-0.05, 0) is 62.9 Å². The van der Waals surface area contributed by atoms with E-state index in [0.717, 1.165) is 35.3 Å². The van der Waals surface area contributed by atoms with E-state index >= 15 is 0 Å². The van der Waals surface area contributed by atoms with Crippen LogP contribution in [0.5, 0.6) is 17.2 Å². The van der Waals surface area contributed by atoms with Crippen LogP contribution in [0.15, 0.2) is 66.5 Å². The van der Waals surface area contributed by atoms with Crippen LogP contribution in [0, 0.1) is 24.0 Å². The van der Waals surface area contributed by atoms with Crippen LogP contribution in [0.4, 0.5) is 0 Å². The molecule has 3 atom stereocenters. The number of ether oxygens (including phenoxy) is 3. The normalized spacial score (nSPS) is 18.2. The molecule has 2 unspecified atom stereocenters. The topological polar surface area (TPSA) is 75.8 Å². The van der Waals surface area contributed by atoms with Gasteiger partial charge in [-0.2, -0.15) is 4.74 Å². The minimum Gasteiger partial charge on any atom is -0.618 e. The zero-order valence-electron chi connectivity index (χ0n) is 21.7. The number of halogens is 1. The molecule has 0 radical (unpaired) electrons. The first-order chi connectivity index (χ1) is 18.4. The fourth-order valence-electron chi connectivity index (χ4n) is 5.12. The first-order valence-electron chi connectivity index (χ1n) is 12.8. The number of carbonyl (C=O) groups excluding carboxylic acids is 1. The Labute approximate surface area is 227 Å². The lowest BCUT2D eigenvalue weighted by molar-refractivity contribution is -0.406. The molecule has 5 rings (SSSR count). The van der Waals surface area contributed by atoms with Crippen molar-refractivity contribution in [1.82, 2.24) is 4.57 Å².